The Bertz CT molecular complexity index is 1360. The van der Waals surface area contributed by atoms with Crippen LogP contribution in [0.4, 0.5) is 0 Å². The van der Waals surface area contributed by atoms with Crippen LogP contribution in [-0.2, 0) is 0 Å². The Balaban J connectivity index is 1.84. The highest BCUT2D eigenvalue weighted by molar-refractivity contribution is 7.16. The number of thiazole rings is 1. The quantitative estimate of drug-likeness (QED) is 0.457. The standard InChI is InChI=1S/C21H13N5OS/c1-27-21-20-23-8-9-26(20)19(15-6-7-17-16(10-15)24-12-28-17)18(25-21)14-4-2-13(11-22)3-5-14/h2-10,12H,1H3. The molecule has 7 heteroatoms. The minimum atomic E-state index is 0.447. The van der Waals surface area contributed by atoms with Gasteiger partial charge in [-0.1, -0.05) is 18.2 Å². The predicted octanol–water partition coefficient (Wildman–Crippen LogP) is 4.55. The first-order valence-electron chi connectivity index (χ1n) is 8.53. The van der Waals surface area contributed by atoms with Gasteiger partial charge in [-0.25, -0.2) is 15.0 Å². The number of fused-ring (bicyclic) bond motifs is 2. The fraction of sp³-hybridized carbons (Fsp3) is 0.0476. The van der Waals surface area contributed by atoms with Crippen molar-refractivity contribution in [2.75, 3.05) is 7.11 Å². The molecule has 6 nitrogen and oxygen atoms in total. The molecule has 5 rings (SSSR count). The first-order valence-corrected chi connectivity index (χ1v) is 9.41. The van der Waals surface area contributed by atoms with Gasteiger partial charge in [-0.15, -0.1) is 11.3 Å². The molecule has 0 bridgehead atoms. The number of nitriles is 1. The molecule has 0 saturated carbocycles. The third-order valence-electron chi connectivity index (χ3n) is 4.60. The Kier molecular flexibility index (Phi) is 3.78. The first-order chi connectivity index (χ1) is 13.8. The van der Waals surface area contributed by atoms with E-state index in [9.17, 15) is 0 Å². The van der Waals surface area contributed by atoms with Crippen molar-refractivity contribution in [3.05, 3.63) is 65.9 Å². The zero-order chi connectivity index (χ0) is 19.1. The van der Waals surface area contributed by atoms with E-state index in [1.165, 1.54) is 0 Å². The monoisotopic (exact) mass is 383 g/mol. The molecule has 0 N–H and O–H groups in total. The third kappa shape index (κ3) is 2.51. The Morgan fingerprint density at radius 2 is 1.89 bits per heavy atom. The number of benzene rings is 2. The lowest BCUT2D eigenvalue weighted by molar-refractivity contribution is 0.401. The molecular weight excluding hydrogens is 370 g/mol. The number of hydrogen-bond acceptors (Lipinski definition) is 6. The van der Waals surface area contributed by atoms with Gasteiger partial charge in [0.1, 0.15) is 0 Å². The van der Waals surface area contributed by atoms with Crippen LogP contribution in [-0.4, -0.2) is 26.5 Å². The van der Waals surface area contributed by atoms with Crippen LogP contribution in [0.15, 0.2) is 60.4 Å². The average molecular weight is 383 g/mol. The van der Waals surface area contributed by atoms with E-state index in [1.807, 2.05) is 28.2 Å². The second kappa shape index (κ2) is 6.44. The fourth-order valence-corrected chi connectivity index (χ4v) is 3.94. The van der Waals surface area contributed by atoms with Crippen molar-refractivity contribution in [3.8, 4) is 34.5 Å². The van der Waals surface area contributed by atoms with Gasteiger partial charge in [-0.2, -0.15) is 5.26 Å². The summed E-state index contributed by atoms with van der Waals surface area (Å²) < 4.78 is 8.59. The van der Waals surface area contributed by atoms with E-state index in [2.05, 4.69) is 34.2 Å². The van der Waals surface area contributed by atoms with Gasteiger partial charge in [0.25, 0.3) is 5.88 Å². The maximum absolute atomic E-state index is 9.10. The summed E-state index contributed by atoms with van der Waals surface area (Å²) in [7, 11) is 1.58. The molecule has 0 aliphatic heterocycles. The summed E-state index contributed by atoms with van der Waals surface area (Å²) in [5.74, 6) is 0.447. The second-order valence-corrected chi connectivity index (χ2v) is 7.05. The molecule has 28 heavy (non-hydrogen) atoms. The van der Waals surface area contributed by atoms with Crippen LogP contribution in [0.25, 0.3) is 38.4 Å². The SMILES string of the molecule is COc1nc(-c2ccc(C#N)cc2)c(-c2ccc3scnc3c2)n2ccnc12. The van der Waals surface area contributed by atoms with Gasteiger partial charge >= 0.3 is 0 Å². The molecule has 0 radical (unpaired) electrons. The number of imidazole rings is 1. The van der Waals surface area contributed by atoms with E-state index in [4.69, 9.17) is 15.0 Å². The van der Waals surface area contributed by atoms with Crippen molar-refractivity contribution in [1.29, 1.82) is 5.26 Å². The average Bonchev–Trinajstić information content (AvgIpc) is 3.41. The molecular formula is C21H13N5OS. The number of aromatic nitrogens is 4. The van der Waals surface area contributed by atoms with Gasteiger partial charge in [-0.3, -0.25) is 4.40 Å². The van der Waals surface area contributed by atoms with Crippen LogP contribution in [0.1, 0.15) is 5.56 Å². The summed E-state index contributed by atoms with van der Waals surface area (Å²) in [4.78, 5) is 13.6. The maximum atomic E-state index is 9.10. The number of hydrogen-bond donors (Lipinski definition) is 0. The molecule has 134 valence electrons. The number of rotatable bonds is 3. The van der Waals surface area contributed by atoms with Gasteiger partial charge in [0.05, 0.1) is 45.9 Å². The largest absolute Gasteiger partial charge is 0.478 e. The zero-order valence-electron chi connectivity index (χ0n) is 14.8. The Hall–Kier alpha value is -3.76. The molecule has 0 aliphatic rings. The van der Waals surface area contributed by atoms with Crippen LogP contribution in [0.3, 0.4) is 0 Å². The van der Waals surface area contributed by atoms with E-state index < -0.39 is 0 Å². The van der Waals surface area contributed by atoms with Crippen molar-refractivity contribution in [1.82, 2.24) is 19.4 Å². The zero-order valence-corrected chi connectivity index (χ0v) is 15.6. The maximum Gasteiger partial charge on any atom is 0.258 e. The van der Waals surface area contributed by atoms with Crippen molar-refractivity contribution in [3.63, 3.8) is 0 Å². The van der Waals surface area contributed by atoms with Crippen molar-refractivity contribution >= 4 is 27.2 Å². The summed E-state index contributed by atoms with van der Waals surface area (Å²) >= 11 is 1.61. The second-order valence-electron chi connectivity index (χ2n) is 6.16. The minimum Gasteiger partial charge on any atom is -0.478 e. The van der Waals surface area contributed by atoms with Gasteiger partial charge in [0.15, 0.2) is 0 Å². The third-order valence-corrected chi connectivity index (χ3v) is 5.41. The molecule has 0 amide bonds. The van der Waals surface area contributed by atoms with Gasteiger partial charge < -0.3 is 4.74 Å². The van der Waals surface area contributed by atoms with Gasteiger partial charge in [-0.05, 0) is 24.3 Å². The molecule has 0 aliphatic carbocycles. The van der Waals surface area contributed by atoms with Gasteiger partial charge in [0, 0.05) is 23.5 Å². The van der Waals surface area contributed by atoms with Crippen LogP contribution < -0.4 is 4.74 Å². The fourth-order valence-electron chi connectivity index (χ4n) is 3.28. The lowest BCUT2D eigenvalue weighted by Gasteiger charge is -2.14. The number of methoxy groups -OCH3 is 1. The summed E-state index contributed by atoms with van der Waals surface area (Å²) in [6.45, 7) is 0. The van der Waals surface area contributed by atoms with Crippen molar-refractivity contribution in [2.45, 2.75) is 0 Å². The summed E-state index contributed by atoms with van der Waals surface area (Å²) in [5, 5.41) is 9.10. The molecule has 0 fully saturated rings. The smallest absolute Gasteiger partial charge is 0.258 e. The topological polar surface area (TPSA) is 76.1 Å². The molecule has 3 aromatic heterocycles. The lowest BCUT2D eigenvalue weighted by Crippen LogP contribution is -2.02. The van der Waals surface area contributed by atoms with Crippen molar-refractivity contribution in [2.24, 2.45) is 0 Å². The summed E-state index contributed by atoms with van der Waals surface area (Å²) in [5.41, 5.74) is 7.55. The molecule has 3 heterocycles. The first kappa shape index (κ1) is 16.4. The van der Waals surface area contributed by atoms with E-state index in [0.29, 0.717) is 17.1 Å². The molecule has 0 unspecified atom stereocenters. The number of nitrogens with zero attached hydrogens (tertiary/aromatic N) is 5. The highest BCUT2D eigenvalue weighted by Gasteiger charge is 2.19. The highest BCUT2D eigenvalue weighted by atomic mass is 32.1. The van der Waals surface area contributed by atoms with E-state index >= 15 is 0 Å². The number of ether oxygens (including phenoxy) is 1. The van der Waals surface area contributed by atoms with Crippen molar-refractivity contribution < 1.29 is 4.74 Å². The lowest BCUT2D eigenvalue weighted by atomic mass is 10.0. The van der Waals surface area contributed by atoms with E-state index in [-0.39, 0.29) is 0 Å². The highest BCUT2D eigenvalue weighted by Crippen LogP contribution is 2.36. The molecule has 0 atom stereocenters. The normalized spacial score (nSPS) is 11.0. The van der Waals surface area contributed by atoms with Crippen LogP contribution in [0.5, 0.6) is 5.88 Å². The van der Waals surface area contributed by atoms with Crippen LogP contribution in [0, 0.1) is 11.3 Å². The predicted molar refractivity (Wildman–Crippen MR) is 108 cm³/mol. The van der Waals surface area contributed by atoms with E-state index in [0.717, 1.165) is 32.7 Å². The molecule has 5 aromatic rings. The molecule has 0 spiro atoms. The summed E-state index contributed by atoms with van der Waals surface area (Å²) in [6.07, 6.45) is 3.63. The molecule has 2 aromatic carbocycles. The Morgan fingerprint density at radius 1 is 1.07 bits per heavy atom. The van der Waals surface area contributed by atoms with E-state index in [1.54, 1.807) is 36.8 Å². The summed E-state index contributed by atoms with van der Waals surface area (Å²) in [6, 6.07) is 15.7. The van der Waals surface area contributed by atoms with Crippen LogP contribution in [0.2, 0.25) is 0 Å². The van der Waals surface area contributed by atoms with Gasteiger partial charge in [0.2, 0.25) is 5.65 Å². The Labute approximate surface area is 164 Å². The minimum absolute atomic E-state index is 0.447. The van der Waals surface area contributed by atoms with Crippen LogP contribution >= 0.6 is 11.3 Å². The molecule has 0 saturated heterocycles. The Morgan fingerprint density at radius 3 is 2.68 bits per heavy atom.